The summed E-state index contributed by atoms with van der Waals surface area (Å²) in [6, 6.07) is 9.71. The van der Waals surface area contributed by atoms with Crippen molar-refractivity contribution in [3.05, 3.63) is 64.8 Å². The highest BCUT2D eigenvalue weighted by Gasteiger charge is 2.44. The molecule has 0 bridgehead atoms. The number of nitrogens with zero attached hydrogens (tertiary/aromatic N) is 1. The van der Waals surface area contributed by atoms with Gasteiger partial charge in [0.05, 0.1) is 24.8 Å². The Kier molecular flexibility index (Phi) is 7.17. The van der Waals surface area contributed by atoms with E-state index >= 15 is 0 Å². The molecular formula is C24H29NO6. The minimum absolute atomic E-state index is 0.00483. The zero-order chi connectivity index (χ0) is 22.5. The van der Waals surface area contributed by atoms with Crippen LogP contribution in [0.15, 0.2) is 52.1 Å². The van der Waals surface area contributed by atoms with E-state index in [4.69, 9.17) is 13.9 Å². The maximum absolute atomic E-state index is 13.2. The molecule has 1 aromatic heterocycles. The summed E-state index contributed by atoms with van der Waals surface area (Å²) in [5, 5.41) is 10.6. The number of carbonyl (C=O) groups is 2. The topological polar surface area (TPSA) is 89.2 Å². The van der Waals surface area contributed by atoms with E-state index in [0.717, 1.165) is 6.42 Å². The van der Waals surface area contributed by atoms with E-state index in [1.54, 1.807) is 25.1 Å². The first kappa shape index (κ1) is 22.6. The first-order valence-electron chi connectivity index (χ1n) is 10.4. The van der Waals surface area contributed by atoms with Crippen molar-refractivity contribution in [3.8, 4) is 5.75 Å². The van der Waals surface area contributed by atoms with Crippen molar-refractivity contribution >= 4 is 11.7 Å². The van der Waals surface area contributed by atoms with Gasteiger partial charge in [0, 0.05) is 13.7 Å². The second-order valence-electron chi connectivity index (χ2n) is 8.00. The number of furan rings is 1. The van der Waals surface area contributed by atoms with Gasteiger partial charge in [-0.15, -0.1) is 0 Å². The van der Waals surface area contributed by atoms with Gasteiger partial charge in [-0.2, -0.15) is 0 Å². The number of methoxy groups -OCH3 is 1. The predicted molar refractivity (Wildman–Crippen MR) is 115 cm³/mol. The molecule has 1 aromatic carbocycles. The van der Waals surface area contributed by atoms with Gasteiger partial charge in [0.25, 0.3) is 5.91 Å². The van der Waals surface area contributed by atoms with Crippen LogP contribution < -0.4 is 4.74 Å². The Morgan fingerprint density at radius 2 is 2.00 bits per heavy atom. The molecule has 1 aliphatic heterocycles. The first-order chi connectivity index (χ1) is 14.8. The summed E-state index contributed by atoms with van der Waals surface area (Å²) in [6.07, 6.45) is 0.911. The number of carbonyl (C=O) groups excluding carboxylic acids is 2. The number of benzene rings is 1. The van der Waals surface area contributed by atoms with E-state index in [9.17, 15) is 14.7 Å². The molecule has 1 atom stereocenters. The molecule has 2 aromatic rings. The third-order valence-corrected chi connectivity index (χ3v) is 5.19. The summed E-state index contributed by atoms with van der Waals surface area (Å²) in [4.78, 5) is 27.5. The van der Waals surface area contributed by atoms with Crippen LogP contribution in [0.25, 0.3) is 0 Å². The molecule has 0 spiro atoms. The molecule has 3 rings (SSSR count). The SMILES string of the molecule is COCCN1C(=O)C(O)=C(C(=O)c2ccc(C)o2)C1c1cccc(OCCC(C)C)c1. The molecule has 0 aliphatic carbocycles. The number of aliphatic hydroxyl groups is 1. The van der Waals surface area contributed by atoms with Crippen molar-refractivity contribution in [3.63, 3.8) is 0 Å². The fraction of sp³-hybridized carbons (Fsp3) is 0.417. The zero-order valence-electron chi connectivity index (χ0n) is 18.4. The van der Waals surface area contributed by atoms with Crippen LogP contribution in [0, 0.1) is 12.8 Å². The van der Waals surface area contributed by atoms with Gasteiger partial charge >= 0.3 is 0 Å². The van der Waals surface area contributed by atoms with E-state index in [1.807, 2.05) is 18.2 Å². The third-order valence-electron chi connectivity index (χ3n) is 5.19. The van der Waals surface area contributed by atoms with Crippen LogP contribution >= 0.6 is 0 Å². The van der Waals surface area contributed by atoms with Crippen LogP contribution in [0.4, 0.5) is 0 Å². The molecule has 0 radical (unpaired) electrons. The monoisotopic (exact) mass is 427 g/mol. The van der Waals surface area contributed by atoms with Crippen LogP contribution in [0.5, 0.6) is 5.75 Å². The van der Waals surface area contributed by atoms with Crippen molar-refractivity contribution in [1.29, 1.82) is 0 Å². The van der Waals surface area contributed by atoms with Gasteiger partial charge in [-0.3, -0.25) is 9.59 Å². The Morgan fingerprint density at radius 1 is 1.23 bits per heavy atom. The maximum Gasteiger partial charge on any atom is 0.290 e. The Labute approximate surface area is 182 Å². The van der Waals surface area contributed by atoms with Gasteiger partial charge in [0.2, 0.25) is 5.78 Å². The minimum Gasteiger partial charge on any atom is -0.503 e. The summed E-state index contributed by atoms with van der Waals surface area (Å²) in [5.74, 6) is 0.113. The highest BCUT2D eigenvalue weighted by atomic mass is 16.5. The molecule has 1 N–H and O–H groups in total. The number of rotatable bonds is 10. The molecule has 1 aliphatic rings. The van der Waals surface area contributed by atoms with Crippen molar-refractivity contribution in [2.45, 2.75) is 33.2 Å². The normalized spacial score (nSPS) is 16.5. The maximum atomic E-state index is 13.2. The van der Waals surface area contributed by atoms with Crippen molar-refractivity contribution in [2.24, 2.45) is 5.92 Å². The minimum atomic E-state index is -0.769. The highest BCUT2D eigenvalue weighted by molar-refractivity contribution is 6.15. The average molecular weight is 427 g/mol. The van der Waals surface area contributed by atoms with E-state index in [-0.39, 0.29) is 24.5 Å². The predicted octanol–water partition coefficient (Wildman–Crippen LogP) is 4.24. The largest absolute Gasteiger partial charge is 0.503 e. The molecular weight excluding hydrogens is 398 g/mol. The number of aliphatic hydroxyl groups excluding tert-OH is 1. The Bertz CT molecular complexity index is 974. The van der Waals surface area contributed by atoms with Crippen molar-refractivity contribution in [2.75, 3.05) is 26.9 Å². The lowest BCUT2D eigenvalue weighted by Crippen LogP contribution is -2.34. The molecule has 7 heteroatoms. The third kappa shape index (κ3) is 4.99. The standard InChI is InChI=1S/C24H29NO6/c1-15(2)10-12-30-18-7-5-6-17(14-18)21-20(22(26)19-9-8-16(3)31-19)23(27)24(28)25(21)11-13-29-4/h5-9,14-15,21,27H,10-13H2,1-4H3. The van der Waals surface area contributed by atoms with E-state index in [0.29, 0.717) is 29.6 Å². The molecule has 0 saturated heterocycles. The summed E-state index contributed by atoms with van der Waals surface area (Å²) in [5.41, 5.74) is 0.664. The molecule has 0 saturated carbocycles. The molecule has 166 valence electrons. The fourth-order valence-electron chi connectivity index (χ4n) is 3.53. The van der Waals surface area contributed by atoms with E-state index in [2.05, 4.69) is 13.8 Å². The Balaban J connectivity index is 1.97. The van der Waals surface area contributed by atoms with Crippen LogP contribution in [0.2, 0.25) is 0 Å². The molecule has 7 nitrogen and oxygen atoms in total. The van der Waals surface area contributed by atoms with Crippen LogP contribution in [0.3, 0.4) is 0 Å². The number of ketones is 1. The van der Waals surface area contributed by atoms with Gasteiger partial charge in [-0.1, -0.05) is 26.0 Å². The van der Waals surface area contributed by atoms with Crippen LogP contribution in [0.1, 0.15) is 48.2 Å². The lowest BCUT2D eigenvalue weighted by atomic mass is 9.95. The number of aryl methyl sites for hydroxylation is 1. The summed E-state index contributed by atoms with van der Waals surface area (Å²) >= 11 is 0. The van der Waals surface area contributed by atoms with Gasteiger partial charge in [0.15, 0.2) is 11.5 Å². The first-order valence-corrected chi connectivity index (χ1v) is 10.4. The molecule has 1 unspecified atom stereocenters. The molecule has 1 amide bonds. The second kappa shape index (κ2) is 9.83. The lowest BCUT2D eigenvalue weighted by molar-refractivity contribution is -0.130. The van der Waals surface area contributed by atoms with Crippen molar-refractivity contribution < 1.29 is 28.6 Å². The number of Topliss-reactive ketones (excluding diaryl/α,β-unsaturated/α-hetero) is 1. The summed E-state index contributed by atoms with van der Waals surface area (Å²) < 4.78 is 16.5. The number of ether oxygens (including phenoxy) is 2. The molecule has 31 heavy (non-hydrogen) atoms. The van der Waals surface area contributed by atoms with Crippen molar-refractivity contribution in [1.82, 2.24) is 4.90 Å². The zero-order valence-corrected chi connectivity index (χ0v) is 18.4. The number of hydrogen-bond acceptors (Lipinski definition) is 6. The van der Waals surface area contributed by atoms with E-state index in [1.165, 1.54) is 12.0 Å². The number of hydrogen-bond donors (Lipinski definition) is 1. The fourth-order valence-corrected chi connectivity index (χ4v) is 3.53. The summed E-state index contributed by atoms with van der Waals surface area (Å²) in [7, 11) is 1.53. The highest BCUT2D eigenvalue weighted by Crippen LogP contribution is 2.39. The van der Waals surface area contributed by atoms with Crippen LogP contribution in [-0.4, -0.2) is 48.6 Å². The van der Waals surface area contributed by atoms with Crippen LogP contribution in [-0.2, 0) is 9.53 Å². The van der Waals surface area contributed by atoms with E-state index < -0.39 is 23.5 Å². The smallest absolute Gasteiger partial charge is 0.290 e. The van der Waals surface area contributed by atoms with Gasteiger partial charge in [0.1, 0.15) is 11.5 Å². The number of amides is 1. The molecule has 2 heterocycles. The van der Waals surface area contributed by atoms with Gasteiger partial charge in [-0.05, 0) is 49.1 Å². The van der Waals surface area contributed by atoms with Gasteiger partial charge < -0.3 is 23.9 Å². The Hall–Kier alpha value is -3.06. The summed E-state index contributed by atoms with van der Waals surface area (Å²) in [6.45, 7) is 7.03. The Morgan fingerprint density at radius 3 is 2.65 bits per heavy atom. The average Bonchev–Trinajstić information content (AvgIpc) is 3.28. The lowest BCUT2D eigenvalue weighted by Gasteiger charge is -2.26. The molecule has 0 fully saturated rings. The quantitative estimate of drug-likeness (QED) is 0.571. The second-order valence-corrected chi connectivity index (χ2v) is 8.00. The van der Waals surface area contributed by atoms with Gasteiger partial charge in [-0.25, -0.2) is 0 Å².